The molecule has 1 saturated carbocycles. The van der Waals surface area contributed by atoms with Crippen LogP contribution in [0.4, 0.5) is 0 Å². The molecular formula is C20H27NO3. The van der Waals surface area contributed by atoms with Gasteiger partial charge in [-0.1, -0.05) is 42.8 Å². The van der Waals surface area contributed by atoms with Gasteiger partial charge in [-0.05, 0) is 19.3 Å². The van der Waals surface area contributed by atoms with Gasteiger partial charge in [0.25, 0.3) is 0 Å². The van der Waals surface area contributed by atoms with Crippen LogP contribution in [0.5, 0.6) is 0 Å². The molecule has 0 radical (unpaired) electrons. The van der Waals surface area contributed by atoms with Crippen molar-refractivity contribution < 1.29 is 14.2 Å². The molecule has 4 heteroatoms. The smallest absolute Gasteiger partial charge is 0.185 e. The number of nitrogens with zero attached hydrogens (tertiary/aromatic N) is 1. The van der Waals surface area contributed by atoms with Crippen molar-refractivity contribution >= 4 is 5.71 Å². The Labute approximate surface area is 144 Å². The second-order valence-electron chi connectivity index (χ2n) is 6.54. The van der Waals surface area contributed by atoms with Crippen molar-refractivity contribution in [2.24, 2.45) is 10.9 Å². The topological polar surface area (TPSA) is 40.0 Å². The molecule has 2 fully saturated rings. The van der Waals surface area contributed by atoms with Gasteiger partial charge in [0.15, 0.2) is 6.29 Å². The van der Waals surface area contributed by atoms with E-state index in [1.807, 2.05) is 36.4 Å². The number of rotatable bonds is 6. The summed E-state index contributed by atoms with van der Waals surface area (Å²) in [6.45, 7) is 5.17. The van der Waals surface area contributed by atoms with Gasteiger partial charge in [-0.15, -0.1) is 6.58 Å². The Balaban J connectivity index is 1.72. The standard InChI is InChI=1S/C20H27NO3/c1-3-8-19-18(21-17-12-7-11-16(17)13-22-2)14-23-20(24-19)15-9-5-4-6-10-15/h3-6,9-10,16-17,19-20H,1,7-8,11-14H2,2H3/t16-,17?,19-,20+/m1/s1. The molecule has 1 heterocycles. The molecule has 0 amide bonds. The number of methoxy groups -OCH3 is 1. The molecule has 1 aromatic rings. The first-order valence-corrected chi connectivity index (χ1v) is 8.80. The van der Waals surface area contributed by atoms with Crippen LogP contribution in [-0.4, -0.2) is 38.2 Å². The number of ether oxygens (including phenoxy) is 3. The SMILES string of the molecule is C=CC[C@H]1O[C@@H](c2ccccc2)OCC1=NC1CCC[C@@H]1COC. The summed E-state index contributed by atoms with van der Waals surface area (Å²) in [6.07, 6.45) is 5.81. The molecule has 1 aromatic carbocycles. The Bertz CT molecular complexity index is 557. The monoisotopic (exact) mass is 329 g/mol. The fourth-order valence-electron chi connectivity index (χ4n) is 3.58. The van der Waals surface area contributed by atoms with E-state index in [0.717, 1.165) is 30.7 Å². The van der Waals surface area contributed by atoms with Crippen molar-refractivity contribution in [1.82, 2.24) is 0 Å². The Kier molecular flexibility index (Phi) is 6.18. The third-order valence-corrected chi connectivity index (χ3v) is 4.83. The first kappa shape index (κ1) is 17.3. The maximum Gasteiger partial charge on any atom is 0.185 e. The minimum atomic E-state index is -0.326. The first-order chi connectivity index (χ1) is 11.8. The van der Waals surface area contributed by atoms with Crippen LogP contribution >= 0.6 is 0 Å². The summed E-state index contributed by atoms with van der Waals surface area (Å²) < 4.78 is 17.5. The van der Waals surface area contributed by atoms with Gasteiger partial charge in [0, 0.05) is 18.6 Å². The van der Waals surface area contributed by atoms with Crippen molar-refractivity contribution in [3.8, 4) is 0 Å². The third-order valence-electron chi connectivity index (χ3n) is 4.83. The zero-order valence-electron chi connectivity index (χ0n) is 14.4. The molecule has 1 unspecified atom stereocenters. The summed E-state index contributed by atoms with van der Waals surface area (Å²) in [4.78, 5) is 5.00. The van der Waals surface area contributed by atoms with E-state index >= 15 is 0 Å². The van der Waals surface area contributed by atoms with Gasteiger partial charge in [-0.25, -0.2) is 0 Å². The van der Waals surface area contributed by atoms with Gasteiger partial charge >= 0.3 is 0 Å². The maximum absolute atomic E-state index is 6.18. The summed E-state index contributed by atoms with van der Waals surface area (Å²) in [7, 11) is 1.76. The van der Waals surface area contributed by atoms with Crippen molar-refractivity contribution in [2.75, 3.05) is 20.3 Å². The Morgan fingerprint density at radius 2 is 2.12 bits per heavy atom. The van der Waals surface area contributed by atoms with Crippen LogP contribution in [0, 0.1) is 5.92 Å². The van der Waals surface area contributed by atoms with Crippen LogP contribution in [0.1, 0.15) is 37.5 Å². The molecule has 4 nitrogen and oxygen atoms in total. The Morgan fingerprint density at radius 1 is 1.29 bits per heavy atom. The van der Waals surface area contributed by atoms with E-state index in [1.165, 1.54) is 12.8 Å². The predicted octanol–water partition coefficient (Wildman–Crippen LogP) is 3.93. The van der Waals surface area contributed by atoms with Crippen LogP contribution in [0.3, 0.4) is 0 Å². The van der Waals surface area contributed by atoms with Crippen LogP contribution < -0.4 is 0 Å². The second kappa shape index (κ2) is 8.56. The molecule has 4 atom stereocenters. The lowest BCUT2D eigenvalue weighted by Gasteiger charge is -2.32. The molecular weight excluding hydrogens is 302 g/mol. The van der Waals surface area contributed by atoms with E-state index in [0.29, 0.717) is 18.6 Å². The highest BCUT2D eigenvalue weighted by Gasteiger charge is 2.32. The predicted molar refractivity (Wildman–Crippen MR) is 95.3 cm³/mol. The van der Waals surface area contributed by atoms with Gasteiger partial charge in [0.05, 0.1) is 25.0 Å². The minimum Gasteiger partial charge on any atom is -0.384 e. The number of benzene rings is 1. The summed E-state index contributed by atoms with van der Waals surface area (Å²) in [6, 6.07) is 10.4. The average molecular weight is 329 g/mol. The van der Waals surface area contributed by atoms with Crippen molar-refractivity contribution in [1.29, 1.82) is 0 Å². The second-order valence-corrected chi connectivity index (χ2v) is 6.54. The fourth-order valence-corrected chi connectivity index (χ4v) is 3.58. The zero-order valence-corrected chi connectivity index (χ0v) is 14.4. The number of aliphatic imine (C=N–C) groups is 1. The molecule has 1 aliphatic heterocycles. The molecule has 1 saturated heterocycles. The van der Waals surface area contributed by atoms with Crippen molar-refractivity contribution in [3.63, 3.8) is 0 Å². The van der Waals surface area contributed by atoms with E-state index in [9.17, 15) is 0 Å². The highest BCUT2D eigenvalue weighted by Crippen LogP contribution is 2.31. The van der Waals surface area contributed by atoms with Crippen molar-refractivity contribution in [2.45, 2.75) is 44.1 Å². The molecule has 0 bridgehead atoms. The first-order valence-electron chi connectivity index (χ1n) is 8.80. The van der Waals surface area contributed by atoms with Gasteiger partial charge in [-0.3, -0.25) is 4.99 Å². The van der Waals surface area contributed by atoms with Crippen LogP contribution in [0.25, 0.3) is 0 Å². The van der Waals surface area contributed by atoms with Crippen molar-refractivity contribution in [3.05, 3.63) is 48.6 Å². The molecule has 1 aliphatic carbocycles. The highest BCUT2D eigenvalue weighted by atomic mass is 16.7. The van der Waals surface area contributed by atoms with Gasteiger partial charge in [0.2, 0.25) is 0 Å². The van der Waals surface area contributed by atoms with Crippen LogP contribution in [-0.2, 0) is 14.2 Å². The van der Waals surface area contributed by atoms with E-state index in [4.69, 9.17) is 19.2 Å². The fraction of sp³-hybridized carbons (Fsp3) is 0.550. The number of hydrogen-bond acceptors (Lipinski definition) is 4. The normalized spacial score (nSPS) is 32.1. The van der Waals surface area contributed by atoms with Gasteiger partial charge < -0.3 is 14.2 Å². The lowest BCUT2D eigenvalue weighted by molar-refractivity contribution is -0.170. The largest absolute Gasteiger partial charge is 0.384 e. The molecule has 3 rings (SSSR count). The van der Waals surface area contributed by atoms with Gasteiger partial charge in [-0.2, -0.15) is 0 Å². The van der Waals surface area contributed by atoms with E-state index < -0.39 is 0 Å². The van der Waals surface area contributed by atoms with Crippen LogP contribution in [0.2, 0.25) is 0 Å². The molecule has 24 heavy (non-hydrogen) atoms. The molecule has 0 spiro atoms. The number of hydrogen-bond donors (Lipinski definition) is 0. The quantitative estimate of drug-likeness (QED) is 0.742. The molecule has 2 aliphatic rings. The summed E-state index contributed by atoms with van der Waals surface area (Å²) >= 11 is 0. The van der Waals surface area contributed by atoms with E-state index in [1.54, 1.807) is 7.11 Å². The van der Waals surface area contributed by atoms with Gasteiger partial charge in [0.1, 0.15) is 6.10 Å². The average Bonchev–Trinajstić information content (AvgIpc) is 3.05. The molecule has 130 valence electrons. The summed E-state index contributed by atoms with van der Waals surface area (Å²) in [5, 5.41) is 0. The summed E-state index contributed by atoms with van der Waals surface area (Å²) in [5.74, 6) is 0.513. The highest BCUT2D eigenvalue weighted by molar-refractivity contribution is 5.90. The zero-order chi connectivity index (χ0) is 16.8. The Morgan fingerprint density at radius 3 is 2.88 bits per heavy atom. The van der Waals surface area contributed by atoms with E-state index in [2.05, 4.69) is 6.58 Å². The lowest BCUT2D eigenvalue weighted by atomic mass is 10.0. The van der Waals surface area contributed by atoms with E-state index in [-0.39, 0.29) is 12.4 Å². The minimum absolute atomic E-state index is 0.0507. The maximum atomic E-state index is 6.18. The molecule has 0 aromatic heterocycles. The third kappa shape index (κ3) is 4.12. The summed E-state index contributed by atoms with van der Waals surface area (Å²) in [5.41, 5.74) is 2.05. The Hall–Kier alpha value is -1.49. The lowest BCUT2D eigenvalue weighted by Crippen LogP contribution is -2.37. The van der Waals surface area contributed by atoms with Crippen LogP contribution in [0.15, 0.2) is 48.0 Å². The molecule has 0 N–H and O–H groups in total.